The Morgan fingerprint density at radius 3 is 2.47 bits per heavy atom. The molecule has 2 aromatic rings. The van der Waals surface area contributed by atoms with Gasteiger partial charge in [0.15, 0.2) is 0 Å². The minimum atomic E-state index is -0.0472. The number of hydrogen-bond acceptors (Lipinski definition) is 3. The largest absolute Gasteiger partial charge is 0.325 e. The number of nitrogens with two attached hydrogens (primary N) is 1. The summed E-state index contributed by atoms with van der Waals surface area (Å²) in [6.07, 6.45) is 0. The molecule has 0 aliphatic rings. The molecular weight excluding hydrogens is 236 g/mol. The smallest absolute Gasteiger partial charge is 0.100 e. The van der Waals surface area contributed by atoms with Crippen molar-refractivity contribution < 1.29 is 0 Å². The molecule has 1 aromatic heterocycles. The zero-order valence-electron chi connectivity index (χ0n) is 12.4. The third kappa shape index (κ3) is 2.40. The fraction of sp³-hybridized carbons (Fsp3) is 0.467. The van der Waals surface area contributed by atoms with Crippen LogP contribution in [0.5, 0.6) is 0 Å². The van der Waals surface area contributed by atoms with Crippen LogP contribution in [0.2, 0.25) is 0 Å². The SMILES string of the molecule is Cc1cccc(-n2nnc(CN)c2C(C)(C)C)c1C. The molecule has 0 aliphatic heterocycles. The number of aryl methyl sites for hydroxylation is 1. The van der Waals surface area contributed by atoms with Gasteiger partial charge < -0.3 is 5.73 Å². The van der Waals surface area contributed by atoms with Crippen molar-refractivity contribution in [1.82, 2.24) is 15.0 Å². The van der Waals surface area contributed by atoms with Gasteiger partial charge in [-0.3, -0.25) is 0 Å². The van der Waals surface area contributed by atoms with Gasteiger partial charge in [0, 0.05) is 12.0 Å². The Labute approximate surface area is 114 Å². The fourth-order valence-corrected chi connectivity index (χ4v) is 2.33. The van der Waals surface area contributed by atoms with Crippen LogP contribution in [0, 0.1) is 13.8 Å². The van der Waals surface area contributed by atoms with Gasteiger partial charge in [-0.2, -0.15) is 0 Å². The Morgan fingerprint density at radius 1 is 1.21 bits per heavy atom. The lowest BCUT2D eigenvalue weighted by atomic mass is 9.90. The van der Waals surface area contributed by atoms with Crippen molar-refractivity contribution in [1.29, 1.82) is 0 Å². The number of hydrogen-bond donors (Lipinski definition) is 1. The van der Waals surface area contributed by atoms with Crippen LogP contribution < -0.4 is 5.73 Å². The van der Waals surface area contributed by atoms with E-state index in [9.17, 15) is 0 Å². The molecule has 0 atom stereocenters. The number of nitrogens with zero attached hydrogens (tertiary/aromatic N) is 3. The van der Waals surface area contributed by atoms with E-state index < -0.39 is 0 Å². The predicted octanol–water partition coefficient (Wildman–Crippen LogP) is 2.64. The molecule has 0 saturated heterocycles. The van der Waals surface area contributed by atoms with Crippen molar-refractivity contribution >= 4 is 0 Å². The van der Waals surface area contributed by atoms with Crippen molar-refractivity contribution in [2.75, 3.05) is 0 Å². The highest BCUT2D eigenvalue weighted by atomic mass is 15.4. The predicted molar refractivity (Wildman–Crippen MR) is 77.4 cm³/mol. The maximum atomic E-state index is 5.79. The van der Waals surface area contributed by atoms with Crippen LogP contribution in [0.3, 0.4) is 0 Å². The quantitative estimate of drug-likeness (QED) is 0.901. The maximum Gasteiger partial charge on any atom is 0.100 e. The lowest BCUT2D eigenvalue weighted by molar-refractivity contribution is 0.537. The van der Waals surface area contributed by atoms with Gasteiger partial charge in [-0.25, -0.2) is 4.68 Å². The van der Waals surface area contributed by atoms with Gasteiger partial charge in [-0.05, 0) is 31.0 Å². The summed E-state index contributed by atoms with van der Waals surface area (Å²) in [7, 11) is 0. The van der Waals surface area contributed by atoms with E-state index in [2.05, 4.69) is 57.1 Å². The zero-order valence-corrected chi connectivity index (χ0v) is 12.4. The highest BCUT2D eigenvalue weighted by molar-refractivity contribution is 5.46. The highest BCUT2D eigenvalue weighted by Crippen LogP contribution is 2.28. The Bertz CT molecular complexity index is 591. The molecule has 1 heterocycles. The summed E-state index contributed by atoms with van der Waals surface area (Å²) < 4.78 is 1.94. The molecule has 0 aliphatic carbocycles. The summed E-state index contributed by atoms with van der Waals surface area (Å²) in [5.74, 6) is 0. The van der Waals surface area contributed by atoms with Gasteiger partial charge in [0.1, 0.15) is 5.69 Å². The molecule has 0 unspecified atom stereocenters. The molecular formula is C15H22N4. The summed E-state index contributed by atoms with van der Waals surface area (Å²) in [6.45, 7) is 11.1. The van der Waals surface area contributed by atoms with Crippen molar-refractivity contribution in [3.8, 4) is 5.69 Å². The van der Waals surface area contributed by atoms with E-state index in [1.807, 2.05) is 10.7 Å². The highest BCUT2D eigenvalue weighted by Gasteiger charge is 2.25. The molecule has 0 amide bonds. The average molecular weight is 258 g/mol. The first-order valence-electron chi connectivity index (χ1n) is 6.58. The molecule has 1 aromatic carbocycles. The van der Waals surface area contributed by atoms with E-state index >= 15 is 0 Å². The Morgan fingerprint density at radius 2 is 1.89 bits per heavy atom. The molecule has 0 bridgehead atoms. The molecule has 2 rings (SSSR count). The van der Waals surface area contributed by atoms with Crippen LogP contribution in [0.4, 0.5) is 0 Å². The van der Waals surface area contributed by atoms with Crippen molar-refractivity contribution in [3.05, 3.63) is 40.7 Å². The monoisotopic (exact) mass is 258 g/mol. The van der Waals surface area contributed by atoms with Gasteiger partial charge >= 0.3 is 0 Å². The summed E-state index contributed by atoms with van der Waals surface area (Å²) in [4.78, 5) is 0. The first-order chi connectivity index (χ1) is 8.86. The number of rotatable bonds is 2. The molecule has 19 heavy (non-hydrogen) atoms. The number of aromatic nitrogens is 3. The Hall–Kier alpha value is -1.68. The minimum Gasteiger partial charge on any atom is -0.325 e. The van der Waals surface area contributed by atoms with Crippen LogP contribution in [-0.2, 0) is 12.0 Å². The molecule has 0 fully saturated rings. The summed E-state index contributed by atoms with van der Waals surface area (Å²) in [5.41, 5.74) is 11.3. The first kappa shape index (κ1) is 13.7. The van der Waals surface area contributed by atoms with Gasteiger partial charge in [0.05, 0.1) is 11.4 Å². The van der Waals surface area contributed by atoms with E-state index in [0.29, 0.717) is 6.54 Å². The second kappa shape index (κ2) is 4.78. The van der Waals surface area contributed by atoms with Gasteiger partial charge in [0.2, 0.25) is 0 Å². The van der Waals surface area contributed by atoms with E-state index in [4.69, 9.17) is 5.73 Å². The third-order valence-corrected chi connectivity index (χ3v) is 3.45. The summed E-state index contributed by atoms with van der Waals surface area (Å²) in [6, 6.07) is 6.23. The Balaban J connectivity index is 2.70. The summed E-state index contributed by atoms with van der Waals surface area (Å²) >= 11 is 0. The maximum absolute atomic E-state index is 5.79. The van der Waals surface area contributed by atoms with E-state index in [1.165, 1.54) is 11.1 Å². The fourth-order valence-electron chi connectivity index (χ4n) is 2.33. The summed E-state index contributed by atoms with van der Waals surface area (Å²) in [5, 5.41) is 8.55. The van der Waals surface area contributed by atoms with Gasteiger partial charge in [-0.1, -0.05) is 38.1 Å². The van der Waals surface area contributed by atoms with Crippen molar-refractivity contribution in [3.63, 3.8) is 0 Å². The van der Waals surface area contributed by atoms with Crippen LogP contribution in [0.1, 0.15) is 43.3 Å². The van der Waals surface area contributed by atoms with Crippen LogP contribution in [0.15, 0.2) is 18.2 Å². The van der Waals surface area contributed by atoms with Crippen molar-refractivity contribution in [2.24, 2.45) is 5.73 Å². The average Bonchev–Trinajstić information content (AvgIpc) is 2.76. The van der Waals surface area contributed by atoms with Crippen LogP contribution in [0.25, 0.3) is 5.69 Å². The first-order valence-corrected chi connectivity index (χ1v) is 6.58. The molecule has 4 nitrogen and oxygen atoms in total. The minimum absolute atomic E-state index is 0.0472. The van der Waals surface area contributed by atoms with Crippen LogP contribution in [-0.4, -0.2) is 15.0 Å². The van der Waals surface area contributed by atoms with Crippen LogP contribution >= 0.6 is 0 Å². The molecule has 4 heteroatoms. The molecule has 0 radical (unpaired) electrons. The zero-order chi connectivity index (χ0) is 14.2. The standard InChI is InChI=1S/C15H22N4/c1-10-7-6-8-13(11(10)2)19-14(15(3,4)5)12(9-16)17-18-19/h6-8H,9,16H2,1-5H3. The lowest BCUT2D eigenvalue weighted by Gasteiger charge is -2.22. The lowest BCUT2D eigenvalue weighted by Crippen LogP contribution is -2.21. The van der Waals surface area contributed by atoms with Crippen molar-refractivity contribution in [2.45, 2.75) is 46.6 Å². The second-order valence-corrected chi connectivity index (χ2v) is 5.97. The van der Waals surface area contributed by atoms with E-state index in [-0.39, 0.29) is 5.41 Å². The van der Waals surface area contributed by atoms with Gasteiger partial charge in [-0.15, -0.1) is 5.10 Å². The Kier molecular flexibility index (Phi) is 3.45. The third-order valence-electron chi connectivity index (χ3n) is 3.45. The molecule has 0 spiro atoms. The van der Waals surface area contributed by atoms with E-state index in [1.54, 1.807) is 0 Å². The number of benzene rings is 1. The molecule has 2 N–H and O–H groups in total. The topological polar surface area (TPSA) is 56.7 Å². The van der Waals surface area contributed by atoms with E-state index in [0.717, 1.165) is 17.1 Å². The second-order valence-electron chi connectivity index (χ2n) is 5.97. The van der Waals surface area contributed by atoms with Gasteiger partial charge in [0.25, 0.3) is 0 Å². The molecule has 102 valence electrons. The molecule has 0 saturated carbocycles. The normalized spacial score (nSPS) is 11.9.